The molecule has 0 spiro atoms. The van der Waals surface area contributed by atoms with Crippen molar-refractivity contribution in [3.05, 3.63) is 53.1 Å². The number of nitrogens with two attached hydrogens (primary N) is 1. The van der Waals surface area contributed by atoms with Crippen LogP contribution in [-0.4, -0.2) is 19.6 Å². The molecule has 0 bridgehead atoms. The maximum atomic E-state index is 12.0. The Bertz CT molecular complexity index is 644. The van der Waals surface area contributed by atoms with Crippen molar-refractivity contribution >= 4 is 34.6 Å². The molecule has 2 rings (SSSR count). The molecule has 0 aliphatic heterocycles. The van der Waals surface area contributed by atoms with Crippen LogP contribution in [-0.2, 0) is 4.74 Å². The molecule has 4 nitrogen and oxygen atoms in total. The number of benzene rings is 2. The SMILES string of the molecule is CCN(c1ccccc1)c1c(Cl)cc(N)cc1C(=O)OC. The summed E-state index contributed by atoms with van der Waals surface area (Å²) in [6.45, 7) is 2.64. The standard InChI is InChI=1S/C16H17ClN2O2/c1-3-19(12-7-5-4-6-8-12)15-13(16(20)21-2)9-11(18)10-14(15)17/h4-10H,3,18H2,1-2H3. The van der Waals surface area contributed by atoms with Crippen LogP contribution >= 0.6 is 11.6 Å². The number of esters is 1. The van der Waals surface area contributed by atoms with Crippen LogP contribution < -0.4 is 10.6 Å². The minimum absolute atomic E-state index is 0.355. The number of carbonyl (C=O) groups excluding carboxylic acids is 1. The first-order valence-electron chi connectivity index (χ1n) is 6.58. The molecule has 5 heteroatoms. The molecule has 2 aromatic carbocycles. The largest absolute Gasteiger partial charge is 0.465 e. The lowest BCUT2D eigenvalue weighted by Gasteiger charge is -2.26. The second-order valence-corrected chi connectivity index (χ2v) is 4.88. The lowest BCUT2D eigenvalue weighted by molar-refractivity contribution is 0.0601. The highest BCUT2D eigenvalue weighted by molar-refractivity contribution is 6.34. The highest BCUT2D eigenvalue weighted by Crippen LogP contribution is 2.37. The lowest BCUT2D eigenvalue weighted by atomic mass is 10.1. The zero-order valence-electron chi connectivity index (χ0n) is 12.0. The first kappa shape index (κ1) is 15.2. The summed E-state index contributed by atoms with van der Waals surface area (Å²) in [4.78, 5) is 14.0. The number of methoxy groups -OCH3 is 1. The van der Waals surface area contributed by atoms with Crippen LogP contribution in [0.4, 0.5) is 17.1 Å². The van der Waals surface area contributed by atoms with Gasteiger partial charge in [0.15, 0.2) is 0 Å². The molecule has 0 heterocycles. The van der Waals surface area contributed by atoms with Gasteiger partial charge in [0.1, 0.15) is 0 Å². The van der Waals surface area contributed by atoms with E-state index in [9.17, 15) is 4.79 Å². The molecule has 2 aromatic rings. The summed E-state index contributed by atoms with van der Waals surface area (Å²) in [6, 6.07) is 12.9. The van der Waals surface area contributed by atoms with Crippen molar-refractivity contribution in [3.8, 4) is 0 Å². The first-order chi connectivity index (χ1) is 10.1. The third-order valence-electron chi connectivity index (χ3n) is 3.15. The smallest absolute Gasteiger partial charge is 0.340 e. The molecule has 110 valence electrons. The monoisotopic (exact) mass is 304 g/mol. The Hall–Kier alpha value is -2.20. The molecule has 0 unspecified atom stereocenters. The zero-order valence-corrected chi connectivity index (χ0v) is 12.7. The van der Waals surface area contributed by atoms with E-state index in [1.54, 1.807) is 12.1 Å². The molecule has 21 heavy (non-hydrogen) atoms. The molecule has 0 aliphatic carbocycles. The van der Waals surface area contributed by atoms with Crippen molar-refractivity contribution in [1.82, 2.24) is 0 Å². The van der Waals surface area contributed by atoms with Crippen LogP contribution in [0.3, 0.4) is 0 Å². The maximum Gasteiger partial charge on any atom is 0.340 e. The fourth-order valence-electron chi connectivity index (χ4n) is 2.24. The van der Waals surface area contributed by atoms with Gasteiger partial charge in [-0.1, -0.05) is 29.8 Å². The molecular weight excluding hydrogens is 288 g/mol. The predicted octanol–water partition coefficient (Wildman–Crippen LogP) is 3.87. The predicted molar refractivity (Wildman–Crippen MR) is 86.3 cm³/mol. The number of halogens is 1. The van der Waals surface area contributed by atoms with Gasteiger partial charge in [0, 0.05) is 17.9 Å². The third kappa shape index (κ3) is 3.11. The van der Waals surface area contributed by atoms with E-state index in [0.29, 0.717) is 28.5 Å². The lowest BCUT2D eigenvalue weighted by Crippen LogP contribution is -2.20. The van der Waals surface area contributed by atoms with Gasteiger partial charge in [-0.25, -0.2) is 4.79 Å². The van der Waals surface area contributed by atoms with Crippen LogP contribution in [0.15, 0.2) is 42.5 Å². The van der Waals surface area contributed by atoms with Gasteiger partial charge < -0.3 is 15.4 Å². The summed E-state index contributed by atoms with van der Waals surface area (Å²) in [7, 11) is 1.34. The van der Waals surface area contributed by atoms with Crippen molar-refractivity contribution in [3.63, 3.8) is 0 Å². The Labute approximate surface area is 129 Å². The van der Waals surface area contributed by atoms with Crippen LogP contribution in [0.25, 0.3) is 0 Å². The minimum atomic E-state index is -0.464. The van der Waals surface area contributed by atoms with Gasteiger partial charge in [-0.3, -0.25) is 0 Å². The van der Waals surface area contributed by atoms with Gasteiger partial charge >= 0.3 is 5.97 Å². The summed E-state index contributed by atoms with van der Waals surface area (Å²) in [5, 5.41) is 0.418. The van der Waals surface area contributed by atoms with E-state index in [1.165, 1.54) is 7.11 Å². The van der Waals surface area contributed by atoms with Crippen molar-refractivity contribution in [2.45, 2.75) is 6.92 Å². The highest BCUT2D eigenvalue weighted by atomic mass is 35.5. The Kier molecular flexibility index (Phi) is 4.70. The Balaban J connectivity index is 2.63. The van der Waals surface area contributed by atoms with Crippen molar-refractivity contribution in [2.75, 3.05) is 24.3 Å². The van der Waals surface area contributed by atoms with E-state index in [1.807, 2.05) is 42.2 Å². The average molecular weight is 305 g/mol. The average Bonchev–Trinajstić information content (AvgIpc) is 2.50. The first-order valence-corrected chi connectivity index (χ1v) is 6.96. The van der Waals surface area contributed by atoms with E-state index in [-0.39, 0.29) is 0 Å². The van der Waals surface area contributed by atoms with E-state index in [4.69, 9.17) is 22.1 Å². The minimum Gasteiger partial charge on any atom is -0.465 e. The molecule has 0 radical (unpaired) electrons. The molecule has 0 fully saturated rings. The molecule has 0 saturated carbocycles. The Morgan fingerprint density at radius 1 is 1.29 bits per heavy atom. The fraction of sp³-hybridized carbons (Fsp3) is 0.188. The number of nitrogens with zero attached hydrogens (tertiary/aromatic N) is 1. The molecule has 2 N–H and O–H groups in total. The van der Waals surface area contributed by atoms with Gasteiger partial charge in [-0.15, -0.1) is 0 Å². The van der Waals surface area contributed by atoms with E-state index in [2.05, 4.69) is 0 Å². The number of carbonyl (C=O) groups is 1. The number of rotatable bonds is 4. The summed E-state index contributed by atoms with van der Waals surface area (Å²) in [5.41, 5.74) is 8.11. The summed E-state index contributed by atoms with van der Waals surface area (Å²) in [5.74, 6) is -0.464. The molecule has 0 aromatic heterocycles. The number of para-hydroxylation sites is 1. The Morgan fingerprint density at radius 2 is 1.95 bits per heavy atom. The fourth-order valence-corrected chi connectivity index (χ4v) is 2.57. The second-order valence-electron chi connectivity index (χ2n) is 4.47. The van der Waals surface area contributed by atoms with Crippen LogP contribution in [0.1, 0.15) is 17.3 Å². The van der Waals surface area contributed by atoms with Crippen LogP contribution in [0.2, 0.25) is 5.02 Å². The molecule has 0 saturated heterocycles. The van der Waals surface area contributed by atoms with E-state index in [0.717, 1.165) is 5.69 Å². The van der Waals surface area contributed by atoms with E-state index >= 15 is 0 Å². The van der Waals surface area contributed by atoms with Crippen molar-refractivity contribution in [2.24, 2.45) is 0 Å². The highest BCUT2D eigenvalue weighted by Gasteiger charge is 2.21. The molecule has 0 atom stereocenters. The topological polar surface area (TPSA) is 55.6 Å². The maximum absolute atomic E-state index is 12.0. The number of hydrogen-bond acceptors (Lipinski definition) is 4. The zero-order chi connectivity index (χ0) is 15.4. The number of hydrogen-bond donors (Lipinski definition) is 1. The Morgan fingerprint density at radius 3 is 2.52 bits per heavy atom. The number of ether oxygens (including phenoxy) is 1. The van der Waals surface area contributed by atoms with Gasteiger partial charge in [0.2, 0.25) is 0 Å². The second kappa shape index (κ2) is 6.50. The van der Waals surface area contributed by atoms with Crippen molar-refractivity contribution < 1.29 is 9.53 Å². The van der Waals surface area contributed by atoms with E-state index < -0.39 is 5.97 Å². The van der Waals surface area contributed by atoms with Crippen LogP contribution in [0, 0.1) is 0 Å². The van der Waals surface area contributed by atoms with Crippen LogP contribution in [0.5, 0.6) is 0 Å². The summed E-state index contributed by atoms with van der Waals surface area (Å²) >= 11 is 6.33. The summed E-state index contributed by atoms with van der Waals surface area (Å²) < 4.78 is 4.84. The molecule has 0 amide bonds. The van der Waals surface area contributed by atoms with Crippen molar-refractivity contribution in [1.29, 1.82) is 0 Å². The quantitative estimate of drug-likeness (QED) is 0.688. The van der Waals surface area contributed by atoms with Gasteiger partial charge in [0.05, 0.1) is 23.4 Å². The number of anilines is 3. The van der Waals surface area contributed by atoms with Gasteiger partial charge in [-0.05, 0) is 31.2 Å². The summed E-state index contributed by atoms with van der Waals surface area (Å²) in [6.07, 6.45) is 0. The third-order valence-corrected chi connectivity index (χ3v) is 3.43. The van der Waals surface area contributed by atoms with Gasteiger partial charge in [-0.2, -0.15) is 0 Å². The van der Waals surface area contributed by atoms with Gasteiger partial charge in [0.25, 0.3) is 0 Å². The molecular formula is C16H17ClN2O2. The molecule has 0 aliphatic rings. The number of nitrogen functional groups attached to an aromatic ring is 1. The normalized spacial score (nSPS) is 10.2.